The molecule has 0 spiro atoms. The molecule has 5 rings (SSSR count). The topological polar surface area (TPSA) is 122 Å². The predicted molar refractivity (Wildman–Crippen MR) is 156 cm³/mol. The first kappa shape index (κ1) is 31.6. The Morgan fingerprint density at radius 2 is 1.89 bits per heavy atom. The molecule has 1 amide bonds. The van der Waals surface area contributed by atoms with Crippen LogP contribution >= 0.6 is 0 Å². The van der Waals surface area contributed by atoms with Gasteiger partial charge in [-0.1, -0.05) is 12.1 Å². The summed E-state index contributed by atoms with van der Waals surface area (Å²) in [5.41, 5.74) is 1.35. The molecular weight excluding hydrogens is 603 g/mol. The minimum absolute atomic E-state index is 0.0602. The molecule has 1 aliphatic heterocycles. The second kappa shape index (κ2) is 13.1. The number of nitrogens with zero attached hydrogens (tertiary/aromatic N) is 4. The average Bonchev–Trinajstić information content (AvgIpc) is 2.99. The van der Waals surface area contributed by atoms with Crippen molar-refractivity contribution in [2.45, 2.75) is 37.8 Å². The zero-order valence-corrected chi connectivity index (χ0v) is 24.1. The number of ether oxygens (including phenoxy) is 2. The van der Waals surface area contributed by atoms with E-state index in [1.807, 2.05) is 0 Å². The maximum absolute atomic E-state index is 14.9. The molecule has 238 valence electrons. The molecule has 2 aromatic heterocycles. The van der Waals surface area contributed by atoms with Crippen molar-refractivity contribution in [1.29, 1.82) is 0 Å². The quantitative estimate of drug-likeness (QED) is 0.179. The minimum Gasteiger partial charge on any atom is -0.465 e. The lowest BCUT2D eigenvalue weighted by Crippen LogP contribution is -2.49. The number of aromatic nitrogens is 3. The molecule has 1 saturated heterocycles. The van der Waals surface area contributed by atoms with Crippen molar-refractivity contribution in [2.24, 2.45) is 0 Å². The highest BCUT2D eigenvalue weighted by Crippen LogP contribution is 2.39. The predicted octanol–water partition coefficient (Wildman–Crippen LogP) is 6.42. The molecule has 3 atom stereocenters. The van der Waals surface area contributed by atoms with Gasteiger partial charge < -0.3 is 30.1 Å². The molecule has 3 unspecified atom stereocenters. The van der Waals surface area contributed by atoms with Gasteiger partial charge >= 0.3 is 12.3 Å². The van der Waals surface area contributed by atoms with Crippen molar-refractivity contribution in [2.75, 3.05) is 37.4 Å². The Labute approximate surface area is 254 Å². The first-order valence-corrected chi connectivity index (χ1v) is 13.8. The van der Waals surface area contributed by atoms with Gasteiger partial charge in [0.1, 0.15) is 17.7 Å². The summed E-state index contributed by atoms with van der Waals surface area (Å²) in [6, 6.07) is 10.3. The van der Waals surface area contributed by atoms with Crippen LogP contribution < -0.4 is 15.4 Å². The second-order valence-electron chi connectivity index (χ2n) is 10.5. The van der Waals surface area contributed by atoms with Gasteiger partial charge in [0.15, 0.2) is 6.10 Å². The van der Waals surface area contributed by atoms with E-state index in [4.69, 9.17) is 4.74 Å². The van der Waals surface area contributed by atoms with Crippen molar-refractivity contribution in [1.82, 2.24) is 19.9 Å². The number of piperidine rings is 1. The number of aryl methyl sites for hydroxylation is 1. The Hall–Kier alpha value is -4.79. The number of methoxy groups -OCH3 is 1. The number of hydrogen-bond acceptors (Lipinski definition) is 8. The summed E-state index contributed by atoms with van der Waals surface area (Å²) in [5, 5.41) is 15.5. The largest absolute Gasteiger partial charge is 0.465 e. The number of amides is 1. The molecule has 3 heterocycles. The third-order valence-corrected chi connectivity index (χ3v) is 7.32. The van der Waals surface area contributed by atoms with Crippen molar-refractivity contribution in [3.05, 3.63) is 66.2 Å². The van der Waals surface area contributed by atoms with Gasteiger partial charge in [0.2, 0.25) is 11.8 Å². The maximum Gasteiger partial charge on any atom is 0.416 e. The van der Waals surface area contributed by atoms with Crippen LogP contribution in [0.15, 0.2) is 54.9 Å². The van der Waals surface area contributed by atoms with E-state index in [1.54, 1.807) is 37.3 Å². The third-order valence-electron chi connectivity index (χ3n) is 7.32. The van der Waals surface area contributed by atoms with Gasteiger partial charge in [-0.15, -0.1) is 0 Å². The standard InChI is InChI=1S/C30H29F5N6O4/c1-16-5-6-19-20(7-8-22(32)25(19)38-13-24(44-2)30(33,34)35)26(16)45-27-21(4-3-10-36-27)23-9-11-37-28(40-23)39-18-12-17(31)14-41(15-18)29(42)43/h3-11,17-18,24,38H,12-15H2,1-2H3,(H,42,43)(H,37,39,40). The lowest BCUT2D eigenvalue weighted by Gasteiger charge is -2.33. The fourth-order valence-corrected chi connectivity index (χ4v) is 5.13. The number of rotatable bonds is 9. The van der Waals surface area contributed by atoms with Crippen LogP contribution in [0.3, 0.4) is 0 Å². The zero-order valence-electron chi connectivity index (χ0n) is 24.1. The van der Waals surface area contributed by atoms with E-state index in [-0.39, 0.29) is 42.4 Å². The maximum atomic E-state index is 14.9. The Morgan fingerprint density at radius 3 is 2.62 bits per heavy atom. The number of likely N-dealkylation sites (tertiary alicyclic amines) is 1. The molecule has 0 bridgehead atoms. The van der Waals surface area contributed by atoms with Gasteiger partial charge in [0.05, 0.1) is 30.0 Å². The van der Waals surface area contributed by atoms with Gasteiger partial charge in [-0.05, 0) is 42.8 Å². The van der Waals surface area contributed by atoms with Crippen LogP contribution in [0.2, 0.25) is 0 Å². The second-order valence-corrected chi connectivity index (χ2v) is 10.5. The molecule has 45 heavy (non-hydrogen) atoms. The molecule has 10 nitrogen and oxygen atoms in total. The highest BCUT2D eigenvalue weighted by Gasteiger charge is 2.40. The van der Waals surface area contributed by atoms with Gasteiger partial charge in [0, 0.05) is 49.3 Å². The normalized spacial score (nSPS) is 17.6. The highest BCUT2D eigenvalue weighted by atomic mass is 19.4. The Balaban J connectivity index is 1.44. The van der Waals surface area contributed by atoms with Gasteiger partial charge in [-0.3, -0.25) is 0 Å². The van der Waals surface area contributed by atoms with Crippen molar-refractivity contribution < 1.29 is 41.3 Å². The van der Waals surface area contributed by atoms with Gasteiger partial charge in [-0.2, -0.15) is 13.2 Å². The smallest absolute Gasteiger partial charge is 0.416 e. The SMILES string of the molecule is COC(CNc1c(F)ccc2c(Oc3ncccc3-c3ccnc(NC4CC(F)CN(C(=O)O)C4)n3)c(C)ccc12)C(F)(F)F. The van der Waals surface area contributed by atoms with Crippen LogP contribution in [-0.4, -0.2) is 82.3 Å². The molecule has 1 fully saturated rings. The number of halogens is 5. The lowest BCUT2D eigenvalue weighted by atomic mass is 10.0. The number of nitrogens with one attached hydrogen (secondary N) is 2. The van der Waals surface area contributed by atoms with Gasteiger partial charge in [0.25, 0.3) is 0 Å². The third kappa shape index (κ3) is 7.14. The van der Waals surface area contributed by atoms with E-state index in [1.165, 1.54) is 18.5 Å². The molecule has 0 aliphatic carbocycles. The monoisotopic (exact) mass is 632 g/mol. The first-order valence-electron chi connectivity index (χ1n) is 13.8. The first-order chi connectivity index (χ1) is 21.4. The Morgan fingerprint density at radius 1 is 1.11 bits per heavy atom. The van der Waals surface area contributed by atoms with Crippen LogP contribution in [0, 0.1) is 12.7 Å². The fourth-order valence-electron chi connectivity index (χ4n) is 5.13. The number of fused-ring (bicyclic) bond motifs is 1. The van der Waals surface area contributed by atoms with Gasteiger partial charge in [-0.25, -0.2) is 28.5 Å². The summed E-state index contributed by atoms with van der Waals surface area (Å²) in [7, 11) is 0.929. The average molecular weight is 633 g/mol. The summed E-state index contributed by atoms with van der Waals surface area (Å²) in [6.07, 6.45) is -6.30. The summed E-state index contributed by atoms with van der Waals surface area (Å²) in [5.74, 6) is -0.177. The van der Waals surface area contributed by atoms with E-state index in [9.17, 15) is 31.9 Å². The molecule has 4 aromatic rings. The summed E-state index contributed by atoms with van der Waals surface area (Å²) < 4.78 is 79.6. The number of carboxylic acid groups (broad SMARTS) is 1. The molecule has 1 aliphatic rings. The number of benzene rings is 2. The summed E-state index contributed by atoms with van der Waals surface area (Å²) in [6.45, 7) is 0.901. The molecule has 2 aromatic carbocycles. The summed E-state index contributed by atoms with van der Waals surface area (Å²) in [4.78, 5) is 25.5. The van der Waals surface area contributed by atoms with E-state index in [0.29, 0.717) is 28.0 Å². The van der Waals surface area contributed by atoms with Crippen LogP contribution in [0.1, 0.15) is 12.0 Å². The van der Waals surface area contributed by atoms with E-state index < -0.39 is 42.9 Å². The lowest BCUT2D eigenvalue weighted by molar-refractivity contribution is -0.207. The zero-order chi connectivity index (χ0) is 32.3. The molecular formula is C30H29F5N6O4. The molecule has 0 radical (unpaired) electrons. The van der Waals surface area contributed by atoms with Crippen LogP contribution in [0.4, 0.5) is 38.4 Å². The molecule has 0 saturated carbocycles. The highest BCUT2D eigenvalue weighted by molar-refractivity contribution is 5.99. The Kier molecular flexibility index (Phi) is 9.18. The van der Waals surface area contributed by atoms with Crippen molar-refractivity contribution in [3.8, 4) is 22.9 Å². The number of alkyl halides is 4. The summed E-state index contributed by atoms with van der Waals surface area (Å²) >= 11 is 0. The fraction of sp³-hybridized carbons (Fsp3) is 0.333. The molecule has 3 N–H and O–H groups in total. The number of carbonyl (C=O) groups is 1. The number of pyridine rings is 1. The Bertz CT molecular complexity index is 1690. The van der Waals surface area contributed by atoms with E-state index in [2.05, 4.69) is 30.3 Å². The van der Waals surface area contributed by atoms with E-state index >= 15 is 0 Å². The van der Waals surface area contributed by atoms with Crippen LogP contribution in [0.5, 0.6) is 11.6 Å². The number of hydrogen-bond donors (Lipinski definition) is 3. The number of anilines is 2. The van der Waals surface area contributed by atoms with Crippen LogP contribution in [-0.2, 0) is 4.74 Å². The minimum atomic E-state index is -4.65. The molecule has 15 heteroatoms. The van der Waals surface area contributed by atoms with E-state index in [0.717, 1.165) is 18.1 Å². The van der Waals surface area contributed by atoms with Crippen LogP contribution in [0.25, 0.3) is 22.0 Å². The van der Waals surface area contributed by atoms with Crippen molar-refractivity contribution >= 4 is 28.5 Å². The van der Waals surface area contributed by atoms with Crippen molar-refractivity contribution in [3.63, 3.8) is 0 Å².